The second kappa shape index (κ2) is 9.87. The number of hydrogen-bond acceptors (Lipinski definition) is 7. The van der Waals surface area contributed by atoms with Gasteiger partial charge in [-0.25, -0.2) is 9.79 Å². The SMILES string of the molecule is CCOC(=O)C1=C(C)N=c2s/c(=C\c3ccc(Cl)cc3)c(=O)n2[C@H]1c1ccc(OC)cc1OC. The highest BCUT2D eigenvalue weighted by molar-refractivity contribution is 7.07. The van der Waals surface area contributed by atoms with Gasteiger partial charge in [0.05, 0.1) is 36.6 Å². The average molecular weight is 499 g/mol. The summed E-state index contributed by atoms with van der Waals surface area (Å²) in [5.41, 5.74) is 1.96. The van der Waals surface area contributed by atoms with E-state index in [4.69, 9.17) is 25.8 Å². The third-order valence-electron chi connectivity index (χ3n) is 5.42. The smallest absolute Gasteiger partial charge is 0.338 e. The van der Waals surface area contributed by atoms with Crippen molar-refractivity contribution in [3.05, 3.63) is 89.6 Å². The third kappa shape index (κ3) is 4.38. The number of hydrogen-bond donors (Lipinski definition) is 0. The number of aromatic nitrogens is 1. The Morgan fingerprint density at radius 3 is 2.56 bits per heavy atom. The van der Waals surface area contributed by atoms with Crippen molar-refractivity contribution in [2.24, 2.45) is 4.99 Å². The summed E-state index contributed by atoms with van der Waals surface area (Å²) in [5.74, 6) is 0.542. The van der Waals surface area contributed by atoms with Crippen LogP contribution in [0.1, 0.15) is 31.0 Å². The first kappa shape index (κ1) is 23.8. The quantitative estimate of drug-likeness (QED) is 0.486. The van der Waals surface area contributed by atoms with Gasteiger partial charge >= 0.3 is 5.97 Å². The number of halogens is 1. The zero-order chi connectivity index (χ0) is 24.4. The van der Waals surface area contributed by atoms with Gasteiger partial charge in [0.2, 0.25) is 0 Å². The minimum absolute atomic E-state index is 0.197. The molecular weight excluding hydrogens is 476 g/mol. The minimum Gasteiger partial charge on any atom is -0.497 e. The van der Waals surface area contributed by atoms with Gasteiger partial charge in [-0.15, -0.1) is 0 Å². The molecule has 1 aliphatic rings. The molecule has 4 rings (SSSR count). The van der Waals surface area contributed by atoms with Crippen molar-refractivity contribution in [2.75, 3.05) is 20.8 Å². The molecule has 0 spiro atoms. The molecule has 0 bridgehead atoms. The Hall–Kier alpha value is -3.36. The van der Waals surface area contributed by atoms with E-state index in [1.807, 2.05) is 12.1 Å². The number of carbonyl (C=O) groups excluding carboxylic acids is 1. The van der Waals surface area contributed by atoms with E-state index in [9.17, 15) is 9.59 Å². The minimum atomic E-state index is -0.775. The van der Waals surface area contributed by atoms with E-state index in [-0.39, 0.29) is 17.7 Å². The number of nitrogens with zero attached hydrogens (tertiary/aromatic N) is 2. The number of thiazole rings is 1. The highest BCUT2D eigenvalue weighted by Crippen LogP contribution is 2.37. The van der Waals surface area contributed by atoms with Gasteiger partial charge in [-0.1, -0.05) is 35.1 Å². The Balaban J connectivity index is 1.99. The van der Waals surface area contributed by atoms with Crippen LogP contribution in [0.2, 0.25) is 5.02 Å². The summed E-state index contributed by atoms with van der Waals surface area (Å²) in [5, 5.41) is 0.611. The molecule has 9 heteroatoms. The third-order valence-corrected chi connectivity index (χ3v) is 6.65. The molecule has 176 valence electrons. The summed E-state index contributed by atoms with van der Waals surface area (Å²) in [7, 11) is 3.09. The van der Waals surface area contributed by atoms with Gasteiger partial charge in [0.15, 0.2) is 4.80 Å². The van der Waals surface area contributed by atoms with Crippen molar-refractivity contribution in [3.63, 3.8) is 0 Å². The summed E-state index contributed by atoms with van der Waals surface area (Å²) in [4.78, 5) is 31.7. The number of methoxy groups -OCH3 is 2. The molecule has 0 radical (unpaired) electrons. The van der Waals surface area contributed by atoms with E-state index >= 15 is 0 Å². The maximum absolute atomic E-state index is 13.6. The molecule has 1 aromatic heterocycles. The molecule has 0 aliphatic carbocycles. The van der Waals surface area contributed by atoms with E-state index in [0.717, 1.165) is 5.56 Å². The maximum Gasteiger partial charge on any atom is 0.338 e. The predicted molar refractivity (Wildman–Crippen MR) is 131 cm³/mol. The number of benzene rings is 2. The number of carbonyl (C=O) groups is 1. The highest BCUT2D eigenvalue weighted by Gasteiger charge is 2.35. The van der Waals surface area contributed by atoms with Crippen LogP contribution in [0, 0.1) is 0 Å². The van der Waals surface area contributed by atoms with Crippen LogP contribution in [0.25, 0.3) is 6.08 Å². The lowest BCUT2D eigenvalue weighted by molar-refractivity contribution is -0.139. The van der Waals surface area contributed by atoms with Crippen LogP contribution >= 0.6 is 22.9 Å². The fourth-order valence-electron chi connectivity index (χ4n) is 3.84. The van der Waals surface area contributed by atoms with Crippen LogP contribution < -0.4 is 24.4 Å². The second-order valence-corrected chi connectivity index (χ2v) is 8.91. The zero-order valence-corrected chi connectivity index (χ0v) is 20.7. The Labute approximate surface area is 205 Å². The molecule has 1 aliphatic heterocycles. The maximum atomic E-state index is 13.6. The summed E-state index contributed by atoms with van der Waals surface area (Å²) < 4.78 is 18.3. The largest absolute Gasteiger partial charge is 0.497 e. The average Bonchev–Trinajstić information content (AvgIpc) is 3.13. The van der Waals surface area contributed by atoms with E-state index in [1.165, 1.54) is 23.0 Å². The van der Waals surface area contributed by atoms with Gasteiger partial charge in [-0.05, 0) is 49.8 Å². The number of fused-ring (bicyclic) bond motifs is 1. The number of allylic oxidation sites excluding steroid dienone is 1. The van der Waals surface area contributed by atoms with Crippen LogP contribution in [0.5, 0.6) is 11.5 Å². The van der Waals surface area contributed by atoms with Crippen LogP contribution in [-0.2, 0) is 9.53 Å². The first-order valence-corrected chi connectivity index (χ1v) is 11.7. The van der Waals surface area contributed by atoms with Gasteiger partial charge in [0.1, 0.15) is 17.5 Å². The summed E-state index contributed by atoms with van der Waals surface area (Å²) >= 11 is 7.25. The first-order valence-electron chi connectivity index (χ1n) is 10.5. The van der Waals surface area contributed by atoms with E-state index in [0.29, 0.717) is 37.1 Å². The molecule has 1 atom stereocenters. The topological polar surface area (TPSA) is 79.1 Å². The van der Waals surface area contributed by atoms with Crippen molar-refractivity contribution in [1.82, 2.24) is 4.57 Å². The molecule has 7 nitrogen and oxygen atoms in total. The van der Waals surface area contributed by atoms with Crippen LogP contribution in [0.4, 0.5) is 0 Å². The molecule has 0 amide bonds. The van der Waals surface area contributed by atoms with Crippen LogP contribution in [0.15, 0.2) is 63.5 Å². The molecule has 0 saturated carbocycles. The Morgan fingerprint density at radius 2 is 1.91 bits per heavy atom. The summed E-state index contributed by atoms with van der Waals surface area (Å²) in [6.07, 6.45) is 1.78. The summed E-state index contributed by atoms with van der Waals surface area (Å²) in [6, 6.07) is 11.7. The van der Waals surface area contributed by atoms with E-state index in [2.05, 4.69) is 4.99 Å². The highest BCUT2D eigenvalue weighted by atomic mass is 35.5. The monoisotopic (exact) mass is 498 g/mol. The molecule has 2 heterocycles. The van der Waals surface area contributed by atoms with Crippen molar-refractivity contribution < 1.29 is 19.0 Å². The van der Waals surface area contributed by atoms with Crippen molar-refractivity contribution in [2.45, 2.75) is 19.9 Å². The molecule has 2 aromatic carbocycles. The fourth-order valence-corrected chi connectivity index (χ4v) is 5.01. The van der Waals surface area contributed by atoms with Crippen molar-refractivity contribution in [3.8, 4) is 11.5 Å². The van der Waals surface area contributed by atoms with Crippen LogP contribution in [0.3, 0.4) is 0 Å². The Kier molecular flexibility index (Phi) is 6.90. The standard InChI is InChI=1S/C25H23ClN2O5S/c1-5-33-24(30)21-14(2)27-25-28(22(21)18-11-10-17(31-3)13-19(18)32-4)23(29)20(34-25)12-15-6-8-16(26)9-7-15/h6-13,22H,5H2,1-4H3/b20-12-/t22-/m0/s1. The lowest BCUT2D eigenvalue weighted by atomic mass is 9.95. The van der Waals surface area contributed by atoms with Crippen molar-refractivity contribution >= 4 is 35.0 Å². The number of ether oxygens (including phenoxy) is 3. The van der Waals surface area contributed by atoms with Crippen molar-refractivity contribution in [1.29, 1.82) is 0 Å². The fraction of sp³-hybridized carbons (Fsp3) is 0.240. The van der Waals surface area contributed by atoms with Gasteiger partial charge in [-0.3, -0.25) is 9.36 Å². The molecule has 0 unspecified atom stereocenters. The molecule has 0 saturated heterocycles. The Bertz CT molecular complexity index is 1450. The first-order chi connectivity index (χ1) is 16.4. The second-order valence-electron chi connectivity index (χ2n) is 7.46. The van der Waals surface area contributed by atoms with Gasteiger partial charge < -0.3 is 14.2 Å². The number of rotatable bonds is 6. The number of esters is 1. The molecule has 3 aromatic rings. The normalized spacial score (nSPS) is 15.6. The lowest BCUT2D eigenvalue weighted by Gasteiger charge is -2.26. The predicted octanol–water partition coefficient (Wildman–Crippen LogP) is 3.47. The van der Waals surface area contributed by atoms with E-state index in [1.54, 1.807) is 57.4 Å². The molecule has 0 fully saturated rings. The molecule has 0 N–H and O–H groups in total. The lowest BCUT2D eigenvalue weighted by Crippen LogP contribution is -2.40. The van der Waals surface area contributed by atoms with Gasteiger partial charge in [0, 0.05) is 16.7 Å². The molecular formula is C25H23ClN2O5S. The zero-order valence-electron chi connectivity index (χ0n) is 19.1. The van der Waals surface area contributed by atoms with Gasteiger partial charge in [0.25, 0.3) is 5.56 Å². The van der Waals surface area contributed by atoms with Crippen LogP contribution in [-0.4, -0.2) is 31.4 Å². The van der Waals surface area contributed by atoms with E-state index < -0.39 is 12.0 Å². The van der Waals surface area contributed by atoms with Gasteiger partial charge in [-0.2, -0.15) is 0 Å². The Morgan fingerprint density at radius 1 is 1.18 bits per heavy atom. The summed E-state index contributed by atoms with van der Waals surface area (Å²) in [6.45, 7) is 3.67. The molecule has 34 heavy (non-hydrogen) atoms.